The third-order valence-corrected chi connectivity index (χ3v) is 7.41. The molecular formula is C33H30N4O3. The average molecular weight is 531 g/mol. The molecule has 4 N–H and O–H groups in total. The highest BCUT2D eigenvalue weighted by Crippen LogP contribution is 2.44. The first-order valence-electron chi connectivity index (χ1n) is 13.4. The van der Waals surface area contributed by atoms with E-state index in [4.69, 9.17) is 4.74 Å². The van der Waals surface area contributed by atoms with Crippen LogP contribution in [0.5, 0.6) is 5.75 Å². The molecule has 0 spiro atoms. The van der Waals surface area contributed by atoms with Gasteiger partial charge in [-0.3, -0.25) is 30.0 Å². The number of benzene rings is 4. The number of aromatic nitrogens is 4. The lowest BCUT2D eigenvalue weighted by molar-refractivity contribution is 0.337. The van der Waals surface area contributed by atoms with Crippen LogP contribution in [0, 0.1) is 13.8 Å². The van der Waals surface area contributed by atoms with E-state index in [1.54, 1.807) is 0 Å². The summed E-state index contributed by atoms with van der Waals surface area (Å²) in [6, 6.07) is 27.8. The van der Waals surface area contributed by atoms with Crippen LogP contribution < -0.4 is 15.9 Å². The molecule has 7 nitrogen and oxygen atoms in total. The number of H-pyrrole nitrogens is 4. The third-order valence-electron chi connectivity index (χ3n) is 7.41. The Morgan fingerprint density at radius 3 is 1.68 bits per heavy atom. The first-order valence-corrected chi connectivity index (χ1v) is 13.4. The van der Waals surface area contributed by atoms with E-state index < -0.39 is 5.92 Å². The summed E-state index contributed by atoms with van der Waals surface area (Å²) >= 11 is 0. The molecular weight excluding hydrogens is 500 g/mol. The van der Waals surface area contributed by atoms with E-state index in [0.717, 1.165) is 38.6 Å². The number of hydrogen-bond acceptors (Lipinski definition) is 3. The van der Waals surface area contributed by atoms with Gasteiger partial charge in [0, 0.05) is 5.56 Å². The number of nitrogens with one attached hydrogen (secondary N) is 4. The van der Waals surface area contributed by atoms with Gasteiger partial charge in [0.1, 0.15) is 5.75 Å². The Bertz CT molecular complexity index is 1820. The molecule has 6 rings (SSSR count). The predicted octanol–water partition coefficient (Wildman–Crippen LogP) is 6.40. The molecule has 7 heteroatoms. The van der Waals surface area contributed by atoms with Crippen molar-refractivity contribution in [2.45, 2.75) is 26.7 Å². The highest BCUT2D eigenvalue weighted by atomic mass is 16.5. The number of fused-ring (bicyclic) bond motifs is 1. The molecule has 0 fully saturated rings. The second-order valence-electron chi connectivity index (χ2n) is 10.0. The summed E-state index contributed by atoms with van der Waals surface area (Å²) in [6.07, 6.45) is 0. The molecule has 0 saturated carbocycles. The number of ether oxygens (including phenoxy) is 1. The van der Waals surface area contributed by atoms with Crippen LogP contribution in [-0.2, 0) is 0 Å². The number of aromatic amines is 4. The fraction of sp³-hybridized carbons (Fsp3) is 0.152. The summed E-state index contributed by atoms with van der Waals surface area (Å²) in [6.45, 7) is 6.40. The van der Waals surface area contributed by atoms with Crippen molar-refractivity contribution in [2.24, 2.45) is 0 Å². The molecule has 0 atom stereocenters. The molecule has 0 radical (unpaired) electrons. The number of rotatable bonds is 7. The fourth-order valence-corrected chi connectivity index (χ4v) is 5.47. The minimum atomic E-state index is -0.759. The van der Waals surface area contributed by atoms with Gasteiger partial charge in [-0.2, -0.15) is 0 Å². The topological polar surface area (TPSA) is 107 Å². The monoisotopic (exact) mass is 530 g/mol. The average Bonchev–Trinajstić information content (AvgIpc) is 3.53. The van der Waals surface area contributed by atoms with Crippen molar-refractivity contribution in [2.75, 3.05) is 6.61 Å². The first-order chi connectivity index (χ1) is 19.5. The van der Waals surface area contributed by atoms with E-state index in [-0.39, 0.29) is 11.1 Å². The lowest BCUT2D eigenvalue weighted by atomic mass is 9.80. The summed E-state index contributed by atoms with van der Waals surface area (Å²) in [5, 5.41) is 13.7. The zero-order valence-corrected chi connectivity index (χ0v) is 22.6. The molecule has 0 aliphatic rings. The molecule has 0 unspecified atom stereocenters. The van der Waals surface area contributed by atoms with Crippen molar-refractivity contribution in [3.05, 3.63) is 133 Å². The highest BCUT2D eigenvalue weighted by Gasteiger charge is 2.34. The van der Waals surface area contributed by atoms with Crippen molar-refractivity contribution in [3.8, 4) is 28.3 Å². The molecule has 4 aromatic carbocycles. The van der Waals surface area contributed by atoms with Crippen LogP contribution in [0.15, 0.2) is 94.5 Å². The molecule has 40 heavy (non-hydrogen) atoms. The van der Waals surface area contributed by atoms with Crippen molar-refractivity contribution < 1.29 is 4.74 Å². The van der Waals surface area contributed by atoms with Crippen LogP contribution >= 0.6 is 0 Å². The van der Waals surface area contributed by atoms with Crippen LogP contribution in [-0.4, -0.2) is 27.0 Å². The Hall–Kier alpha value is -5.04. The second-order valence-corrected chi connectivity index (χ2v) is 10.0. The highest BCUT2D eigenvalue weighted by molar-refractivity contribution is 5.90. The molecule has 0 bridgehead atoms. The molecule has 0 amide bonds. The van der Waals surface area contributed by atoms with Gasteiger partial charge in [-0.1, -0.05) is 90.0 Å². The van der Waals surface area contributed by atoms with Gasteiger partial charge in [0.2, 0.25) is 0 Å². The minimum Gasteiger partial charge on any atom is -0.494 e. The van der Waals surface area contributed by atoms with Crippen molar-refractivity contribution in [1.82, 2.24) is 20.4 Å². The van der Waals surface area contributed by atoms with Crippen LogP contribution in [0.25, 0.3) is 33.3 Å². The molecule has 2 heterocycles. The molecule has 200 valence electrons. The summed E-state index contributed by atoms with van der Waals surface area (Å²) < 4.78 is 6.18. The van der Waals surface area contributed by atoms with Crippen molar-refractivity contribution in [1.29, 1.82) is 0 Å². The Morgan fingerprint density at radius 1 is 0.625 bits per heavy atom. The van der Waals surface area contributed by atoms with Crippen LogP contribution in [0.3, 0.4) is 0 Å². The van der Waals surface area contributed by atoms with Crippen LogP contribution in [0.2, 0.25) is 0 Å². The maximum atomic E-state index is 13.7. The lowest BCUT2D eigenvalue weighted by Crippen LogP contribution is -2.21. The van der Waals surface area contributed by atoms with E-state index >= 15 is 0 Å². The normalized spacial score (nSPS) is 11.4. The Kier molecular flexibility index (Phi) is 6.48. The molecule has 6 aromatic rings. The van der Waals surface area contributed by atoms with Gasteiger partial charge in [0.15, 0.2) is 0 Å². The summed E-state index contributed by atoms with van der Waals surface area (Å²) in [5.74, 6) is -0.137. The summed E-state index contributed by atoms with van der Waals surface area (Å²) in [7, 11) is 0. The fourth-order valence-electron chi connectivity index (χ4n) is 5.47. The van der Waals surface area contributed by atoms with Crippen LogP contribution in [0.1, 0.15) is 40.7 Å². The standard InChI is InChI=1S/C33H30N4O3/c1-4-40-25-18-17-21-7-5-6-8-24(21)26(25)27(28-30(34-36-32(28)38)22-13-9-19(2)10-14-22)29-31(35-37-33(29)39)23-15-11-20(3)12-16-23/h5-18,27H,4H2,1-3H3,(H2,34,36,38)(H2,35,37,39). The third kappa shape index (κ3) is 4.35. The van der Waals surface area contributed by atoms with E-state index in [1.807, 2.05) is 106 Å². The first kappa shape index (κ1) is 25.2. The van der Waals surface area contributed by atoms with E-state index in [2.05, 4.69) is 20.4 Å². The van der Waals surface area contributed by atoms with Gasteiger partial charge in [0.05, 0.1) is 35.0 Å². The minimum absolute atomic E-state index is 0.300. The molecule has 2 aromatic heterocycles. The van der Waals surface area contributed by atoms with E-state index in [0.29, 0.717) is 34.9 Å². The quantitative estimate of drug-likeness (QED) is 0.192. The predicted molar refractivity (Wildman–Crippen MR) is 159 cm³/mol. The van der Waals surface area contributed by atoms with Gasteiger partial charge in [-0.05, 0) is 48.7 Å². The summed E-state index contributed by atoms with van der Waals surface area (Å²) in [5.41, 5.74) is 6.19. The van der Waals surface area contributed by atoms with Gasteiger partial charge >= 0.3 is 0 Å². The maximum absolute atomic E-state index is 13.7. The Balaban J connectivity index is 1.74. The zero-order valence-electron chi connectivity index (χ0n) is 22.6. The number of aryl methyl sites for hydroxylation is 2. The van der Waals surface area contributed by atoms with Gasteiger partial charge in [0.25, 0.3) is 11.1 Å². The number of hydrogen-bond donors (Lipinski definition) is 4. The summed E-state index contributed by atoms with van der Waals surface area (Å²) in [4.78, 5) is 27.5. The lowest BCUT2D eigenvalue weighted by Gasteiger charge is -2.23. The van der Waals surface area contributed by atoms with Gasteiger partial charge in [-0.25, -0.2) is 0 Å². The smallest absolute Gasteiger partial charge is 0.268 e. The van der Waals surface area contributed by atoms with E-state index in [9.17, 15) is 9.59 Å². The molecule has 0 aliphatic heterocycles. The van der Waals surface area contributed by atoms with Crippen molar-refractivity contribution >= 4 is 10.8 Å². The largest absolute Gasteiger partial charge is 0.494 e. The molecule has 0 aliphatic carbocycles. The Morgan fingerprint density at radius 2 is 1.15 bits per heavy atom. The second kappa shape index (κ2) is 10.3. The van der Waals surface area contributed by atoms with Gasteiger partial charge < -0.3 is 4.74 Å². The Labute approximate surface area is 230 Å². The maximum Gasteiger partial charge on any atom is 0.268 e. The van der Waals surface area contributed by atoms with E-state index in [1.165, 1.54) is 0 Å². The van der Waals surface area contributed by atoms with Crippen molar-refractivity contribution in [3.63, 3.8) is 0 Å². The van der Waals surface area contributed by atoms with Crippen LogP contribution in [0.4, 0.5) is 0 Å². The molecule has 0 saturated heterocycles. The SMILES string of the molecule is CCOc1ccc2ccccc2c1C(c1c(-c2ccc(C)cc2)[nH][nH]c1=O)c1c(-c2ccc(C)cc2)[nH][nH]c1=O. The zero-order chi connectivity index (χ0) is 27.8. The van der Waals surface area contributed by atoms with Gasteiger partial charge in [-0.15, -0.1) is 0 Å².